The number of aliphatic hydroxyl groups excluding tert-OH is 1. The Kier molecular flexibility index (Phi) is 7.51. The number of carbonyl (C=O) groups excluding carboxylic acids is 3. The average Bonchev–Trinajstić information content (AvgIpc) is 3.56. The van der Waals surface area contributed by atoms with Gasteiger partial charge in [-0.25, -0.2) is 14.8 Å². The lowest BCUT2D eigenvalue weighted by molar-refractivity contribution is -0.117. The standard InChI is InChI=1S/C29H25N3O6S2/c1-5-37-28(36)26-16(3)31-29(40-26)32-22(18-10-9-13-20(14-18)38-19-11-7-6-8-12-19)21(24(34)27(32)35)23(33)25-15(2)30-17(4)39-25/h6-14,22,34H,5H2,1-4H3. The van der Waals surface area contributed by atoms with E-state index in [0.717, 1.165) is 11.3 Å². The third-order valence-corrected chi connectivity index (χ3v) is 8.38. The van der Waals surface area contributed by atoms with Crippen LogP contribution >= 0.6 is 22.7 Å². The van der Waals surface area contributed by atoms with Crippen LogP contribution in [0.25, 0.3) is 0 Å². The summed E-state index contributed by atoms with van der Waals surface area (Å²) in [7, 11) is 0. The van der Waals surface area contributed by atoms with Gasteiger partial charge in [0.05, 0.1) is 39.5 Å². The van der Waals surface area contributed by atoms with Crippen molar-refractivity contribution < 1.29 is 29.0 Å². The van der Waals surface area contributed by atoms with E-state index in [2.05, 4.69) is 9.97 Å². The quantitative estimate of drug-likeness (QED) is 0.193. The first-order valence-electron chi connectivity index (χ1n) is 12.4. The van der Waals surface area contributed by atoms with E-state index in [1.165, 1.54) is 16.2 Å². The molecule has 9 nitrogen and oxygen atoms in total. The molecule has 11 heteroatoms. The molecule has 0 radical (unpaired) electrons. The first kappa shape index (κ1) is 27.2. The van der Waals surface area contributed by atoms with Crippen molar-refractivity contribution in [3.05, 3.63) is 97.6 Å². The van der Waals surface area contributed by atoms with Crippen LogP contribution in [0.5, 0.6) is 11.5 Å². The Morgan fingerprint density at radius 3 is 2.33 bits per heavy atom. The average molecular weight is 576 g/mol. The lowest BCUT2D eigenvalue weighted by atomic mass is 9.95. The zero-order valence-corrected chi connectivity index (χ0v) is 23.8. The monoisotopic (exact) mass is 575 g/mol. The van der Waals surface area contributed by atoms with Crippen molar-refractivity contribution in [1.82, 2.24) is 9.97 Å². The van der Waals surface area contributed by atoms with Crippen LogP contribution in [0.1, 0.15) is 54.3 Å². The van der Waals surface area contributed by atoms with Gasteiger partial charge in [-0.1, -0.05) is 41.7 Å². The summed E-state index contributed by atoms with van der Waals surface area (Å²) in [5, 5.41) is 12.0. The van der Waals surface area contributed by atoms with Gasteiger partial charge in [-0.3, -0.25) is 14.5 Å². The fourth-order valence-electron chi connectivity index (χ4n) is 4.46. The van der Waals surface area contributed by atoms with Gasteiger partial charge in [-0.2, -0.15) is 0 Å². The maximum atomic E-state index is 13.9. The van der Waals surface area contributed by atoms with Crippen LogP contribution in [0.2, 0.25) is 0 Å². The Hall–Kier alpha value is -4.35. The molecule has 0 fully saturated rings. The molecule has 40 heavy (non-hydrogen) atoms. The van der Waals surface area contributed by atoms with Gasteiger partial charge >= 0.3 is 5.97 Å². The smallest absolute Gasteiger partial charge is 0.350 e. The lowest BCUT2D eigenvalue weighted by Gasteiger charge is -2.24. The number of ether oxygens (including phenoxy) is 2. The van der Waals surface area contributed by atoms with Gasteiger partial charge in [0.2, 0.25) is 5.78 Å². The van der Waals surface area contributed by atoms with Crippen LogP contribution in [0, 0.1) is 20.8 Å². The van der Waals surface area contributed by atoms with E-state index in [-0.39, 0.29) is 22.2 Å². The Morgan fingerprint density at radius 1 is 0.950 bits per heavy atom. The van der Waals surface area contributed by atoms with Crippen LogP contribution in [0.4, 0.5) is 5.13 Å². The van der Waals surface area contributed by atoms with Crippen molar-refractivity contribution >= 4 is 45.5 Å². The van der Waals surface area contributed by atoms with Gasteiger partial charge < -0.3 is 14.6 Å². The van der Waals surface area contributed by atoms with Gasteiger partial charge in [-0.15, -0.1) is 11.3 Å². The maximum Gasteiger partial charge on any atom is 0.350 e. The maximum absolute atomic E-state index is 13.9. The molecular weight excluding hydrogens is 550 g/mol. The minimum atomic E-state index is -1.04. The van der Waals surface area contributed by atoms with Crippen molar-refractivity contribution in [2.45, 2.75) is 33.7 Å². The van der Waals surface area contributed by atoms with Crippen molar-refractivity contribution in [3.63, 3.8) is 0 Å². The zero-order valence-electron chi connectivity index (χ0n) is 22.1. The van der Waals surface area contributed by atoms with Gasteiger partial charge in [0.25, 0.3) is 5.91 Å². The number of aromatic nitrogens is 2. The highest BCUT2D eigenvalue weighted by molar-refractivity contribution is 7.17. The molecule has 0 saturated heterocycles. The molecule has 0 bridgehead atoms. The molecule has 1 unspecified atom stereocenters. The molecule has 0 spiro atoms. The summed E-state index contributed by atoms with van der Waals surface area (Å²) < 4.78 is 11.1. The van der Waals surface area contributed by atoms with E-state index in [1.807, 2.05) is 30.3 Å². The molecule has 1 aliphatic rings. The van der Waals surface area contributed by atoms with Gasteiger partial charge in [-0.05, 0) is 57.5 Å². The van der Waals surface area contributed by atoms with E-state index in [4.69, 9.17) is 9.47 Å². The molecule has 1 aliphatic heterocycles. The molecule has 5 rings (SSSR count). The summed E-state index contributed by atoms with van der Waals surface area (Å²) in [6, 6.07) is 15.1. The molecular formula is C29H25N3O6S2. The van der Waals surface area contributed by atoms with Crippen molar-refractivity contribution in [1.29, 1.82) is 0 Å². The first-order valence-corrected chi connectivity index (χ1v) is 14.1. The topological polar surface area (TPSA) is 119 Å². The van der Waals surface area contributed by atoms with Crippen LogP contribution < -0.4 is 9.64 Å². The number of thiazole rings is 2. The summed E-state index contributed by atoms with van der Waals surface area (Å²) in [4.78, 5) is 50.6. The number of hydrogen-bond acceptors (Lipinski definition) is 10. The number of anilines is 1. The number of aliphatic hydroxyl groups is 1. The van der Waals surface area contributed by atoms with Crippen molar-refractivity contribution in [3.8, 4) is 11.5 Å². The van der Waals surface area contributed by atoms with Crippen LogP contribution in [0.15, 0.2) is 65.9 Å². The minimum Gasteiger partial charge on any atom is -0.503 e. The van der Waals surface area contributed by atoms with Gasteiger partial charge in [0, 0.05) is 0 Å². The normalized spacial score (nSPS) is 15.1. The van der Waals surface area contributed by atoms with E-state index >= 15 is 0 Å². The van der Waals surface area contributed by atoms with E-state index in [0.29, 0.717) is 38.3 Å². The number of para-hydroxylation sites is 1. The number of hydrogen-bond donors (Lipinski definition) is 1. The SMILES string of the molecule is CCOC(=O)c1sc(N2C(=O)C(O)=C(C(=O)c3sc(C)nc3C)C2c2cccc(Oc3ccccc3)c2)nc1C. The predicted molar refractivity (Wildman–Crippen MR) is 152 cm³/mol. The minimum absolute atomic E-state index is 0.0980. The molecule has 204 valence electrons. The predicted octanol–water partition coefficient (Wildman–Crippen LogP) is 6.28. The number of aryl methyl sites for hydroxylation is 3. The molecule has 1 amide bonds. The number of rotatable bonds is 8. The van der Waals surface area contributed by atoms with Crippen molar-refractivity contribution in [2.75, 3.05) is 11.5 Å². The second-order valence-electron chi connectivity index (χ2n) is 8.94. The molecule has 2 aromatic heterocycles. The zero-order chi connectivity index (χ0) is 28.6. The summed E-state index contributed by atoms with van der Waals surface area (Å²) in [6.07, 6.45) is 0. The van der Waals surface area contributed by atoms with Crippen LogP contribution in [-0.4, -0.2) is 39.3 Å². The summed E-state index contributed by atoms with van der Waals surface area (Å²) in [6.45, 7) is 7.01. The molecule has 3 heterocycles. The second-order valence-corrected chi connectivity index (χ2v) is 11.1. The number of amides is 1. The highest BCUT2D eigenvalue weighted by atomic mass is 32.1. The fourth-order valence-corrected chi connectivity index (χ4v) is 6.32. The van der Waals surface area contributed by atoms with E-state index in [1.54, 1.807) is 52.0 Å². The van der Waals surface area contributed by atoms with E-state index in [9.17, 15) is 19.5 Å². The fraction of sp³-hybridized carbons (Fsp3) is 0.207. The molecule has 0 aliphatic carbocycles. The molecule has 1 atom stereocenters. The van der Waals surface area contributed by atoms with E-state index < -0.39 is 29.5 Å². The summed E-state index contributed by atoms with van der Waals surface area (Å²) >= 11 is 2.16. The Morgan fingerprint density at radius 2 is 1.65 bits per heavy atom. The number of benzene rings is 2. The molecule has 1 N–H and O–H groups in total. The largest absolute Gasteiger partial charge is 0.503 e. The molecule has 0 saturated carbocycles. The number of esters is 1. The van der Waals surface area contributed by atoms with Gasteiger partial charge in [0.1, 0.15) is 16.4 Å². The van der Waals surface area contributed by atoms with Crippen LogP contribution in [0.3, 0.4) is 0 Å². The Labute approximate surface area is 238 Å². The number of nitrogens with zero attached hydrogens (tertiary/aromatic N) is 3. The molecule has 2 aromatic carbocycles. The number of ketones is 1. The summed E-state index contributed by atoms with van der Waals surface area (Å²) in [5.74, 6) is -1.46. The first-order chi connectivity index (χ1) is 19.2. The lowest BCUT2D eigenvalue weighted by Crippen LogP contribution is -2.31. The van der Waals surface area contributed by atoms with Crippen molar-refractivity contribution in [2.24, 2.45) is 0 Å². The number of carbonyl (C=O) groups is 3. The van der Waals surface area contributed by atoms with Crippen LogP contribution in [-0.2, 0) is 9.53 Å². The number of Topliss-reactive ketones (excluding diaryl/α,β-unsaturated/α-hetero) is 1. The highest BCUT2D eigenvalue weighted by Crippen LogP contribution is 2.45. The Bertz CT molecular complexity index is 1660. The molecule has 4 aromatic rings. The van der Waals surface area contributed by atoms with Gasteiger partial charge in [0.15, 0.2) is 10.9 Å². The third-order valence-electron chi connectivity index (χ3n) is 6.17. The third kappa shape index (κ3) is 5.01. The highest BCUT2D eigenvalue weighted by Gasteiger charge is 2.47. The Balaban J connectivity index is 1.63. The summed E-state index contributed by atoms with van der Waals surface area (Å²) in [5.41, 5.74) is 1.30. The second kappa shape index (κ2) is 11.0.